The van der Waals surface area contributed by atoms with Crippen LogP contribution < -0.4 is 10.2 Å². The highest BCUT2D eigenvalue weighted by molar-refractivity contribution is 5.78. The maximum Gasteiger partial charge on any atom is 0.332 e. The summed E-state index contributed by atoms with van der Waals surface area (Å²) in [6.07, 6.45) is 7.05. The minimum Gasteiger partial charge on any atom is -0.487 e. The van der Waals surface area contributed by atoms with Crippen molar-refractivity contribution in [3.8, 4) is 5.75 Å². The second-order valence-electron chi connectivity index (χ2n) is 8.27. The smallest absolute Gasteiger partial charge is 0.332 e. The van der Waals surface area contributed by atoms with Crippen LogP contribution >= 0.6 is 0 Å². The summed E-state index contributed by atoms with van der Waals surface area (Å²) in [4.78, 5) is 22.4. The number of carbonyl (C=O) groups is 1. The summed E-state index contributed by atoms with van der Waals surface area (Å²) in [5, 5.41) is 1.12. The van der Waals surface area contributed by atoms with E-state index in [2.05, 4.69) is 22.6 Å². The van der Waals surface area contributed by atoms with E-state index in [1.807, 2.05) is 48.5 Å². The Hall–Kier alpha value is -2.92. The molecule has 1 aliphatic rings. The zero-order valence-electron chi connectivity index (χ0n) is 18.0. The van der Waals surface area contributed by atoms with Gasteiger partial charge in [-0.05, 0) is 42.2 Å². The van der Waals surface area contributed by atoms with Gasteiger partial charge < -0.3 is 9.57 Å². The van der Waals surface area contributed by atoms with Crippen LogP contribution in [0.2, 0.25) is 0 Å². The Balaban J connectivity index is 1.42. The molecule has 0 radical (unpaired) electrons. The van der Waals surface area contributed by atoms with Crippen molar-refractivity contribution in [2.24, 2.45) is 5.92 Å². The molecule has 0 aliphatic heterocycles. The van der Waals surface area contributed by atoms with Crippen molar-refractivity contribution < 1.29 is 14.4 Å². The van der Waals surface area contributed by atoms with E-state index in [0.29, 0.717) is 12.5 Å². The number of hydroxylamine groups is 1. The lowest BCUT2D eigenvalue weighted by atomic mass is 9.80. The first-order valence-electron chi connectivity index (χ1n) is 11.2. The number of nitrogens with zero attached hydrogens (tertiary/aromatic N) is 1. The van der Waals surface area contributed by atoms with Crippen molar-refractivity contribution in [3.63, 3.8) is 0 Å². The van der Waals surface area contributed by atoms with Crippen LogP contribution in [-0.4, -0.2) is 18.0 Å². The molecular weight excluding hydrogens is 388 g/mol. The second kappa shape index (κ2) is 10.4. The van der Waals surface area contributed by atoms with E-state index in [9.17, 15) is 4.79 Å². The van der Waals surface area contributed by atoms with Crippen LogP contribution in [0, 0.1) is 5.92 Å². The summed E-state index contributed by atoms with van der Waals surface area (Å²) in [7, 11) is 1.62. The third-order valence-corrected chi connectivity index (χ3v) is 6.11. The van der Waals surface area contributed by atoms with E-state index < -0.39 is 0 Å². The van der Waals surface area contributed by atoms with Crippen LogP contribution in [0.1, 0.15) is 55.7 Å². The molecule has 31 heavy (non-hydrogen) atoms. The van der Waals surface area contributed by atoms with Crippen molar-refractivity contribution in [1.29, 1.82) is 0 Å². The van der Waals surface area contributed by atoms with Gasteiger partial charge in [0.05, 0.1) is 17.1 Å². The minimum atomic E-state index is -0.258. The zero-order valence-corrected chi connectivity index (χ0v) is 18.0. The van der Waals surface area contributed by atoms with E-state index in [0.717, 1.165) is 34.3 Å². The molecule has 162 valence electrons. The van der Waals surface area contributed by atoms with Crippen LogP contribution in [0.25, 0.3) is 10.9 Å². The van der Waals surface area contributed by atoms with Gasteiger partial charge in [0, 0.05) is 12.4 Å². The van der Waals surface area contributed by atoms with Crippen molar-refractivity contribution in [2.45, 2.75) is 51.0 Å². The molecule has 1 saturated carbocycles. The molecule has 4 rings (SSSR count). The van der Waals surface area contributed by atoms with E-state index in [1.165, 1.54) is 32.1 Å². The number of aromatic nitrogens is 1. The summed E-state index contributed by atoms with van der Waals surface area (Å²) < 4.78 is 5.94. The molecule has 5 heteroatoms. The average Bonchev–Trinajstić information content (AvgIpc) is 2.82. The minimum absolute atomic E-state index is 0.220. The van der Waals surface area contributed by atoms with Crippen LogP contribution in [0.15, 0.2) is 60.7 Å². The highest BCUT2D eigenvalue weighted by Gasteiger charge is 2.27. The van der Waals surface area contributed by atoms with Gasteiger partial charge in [-0.2, -0.15) is 5.48 Å². The lowest BCUT2D eigenvalue weighted by Gasteiger charge is -2.25. The standard InChI is InChI=1S/C26H30N2O3/c1-27-31-26(29)24(17-19-7-3-2-4-8-19)20-12-15-23(16-13-20)30-18-22-14-11-21-9-5-6-10-25(21)28-22/h5-6,9-16,19,24,27H,2-4,7-8,17-18H2,1H3. The van der Waals surface area contributed by atoms with Gasteiger partial charge in [0.15, 0.2) is 0 Å². The summed E-state index contributed by atoms with van der Waals surface area (Å²) in [6.45, 7) is 0.400. The quantitative estimate of drug-likeness (QED) is 0.486. The number of fused-ring (bicyclic) bond motifs is 1. The first-order chi connectivity index (χ1) is 15.2. The number of rotatable bonds is 8. The number of ether oxygens (including phenoxy) is 1. The lowest BCUT2D eigenvalue weighted by Crippen LogP contribution is -2.24. The molecule has 1 aliphatic carbocycles. The van der Waals surface area contributed by atoms with Crippen LogP contribution in [0.3, 0.4) is 0 Å². The van der Waals surface area contributed by atoms with Crippen molar-refractivity contribution in [3.05, 3.63) is 71.9 Å². The van der Waals surface area contributed by atoms with Crippen LogP contribution in [0.4, 0.5) is 0 Å². The van der Waals surface area contributed by atoms with Gasteiger partial charge in [0.2, 0.25) is 0 Å². The van der Waals surface area contributed by atoms with Crippen molar-refractivity contribution in [1.82, 2.24) is 10.5 Å². The zero-order chi connectivity index (χ0) is 21.5. The number of benzene rings is 2. The van der Waals surface area contributed by atoms with Crippen LogP contribution in [0.5, 0.6) is 5.75 Å². The van der Waals surface area contributed by atoms with Gasteiger partial charge in [-0.15, -0.1) is 0 Å². The Bertz CT molecular complexity index is 997. The molecule has 0 amide bonds. The number of pyridine rings is 1. The molecule has 5 nitrogen and oxygen atoms in total. The van der Waals surface area contributed by atoms with E-state index in [-0.39, 0.29) is 11.9 Å². The largest absolute Gasteiger partial charge is 0.487 e. The van der Waals surface area contributed by atoms with Gasteiger partial charge >= 0.3 is 5.97 Å². The maximum absolute atomic E-state index is 12.6. The molecule has 1 aromatic heterocycles. The number of para-hydroxylation sites is 1. The molecule has 1 N–H and O–H groups in total. The van der Waals surface area contributed by atoms with Crippen molar-refractivity contribution >= 4 is 16.9 Å². The third kappa shape index (κ3) is 5.61. The molecule has 1 fully saturated rings. The molecule has 1 atom stereocenters. The van der Waals surface area contributed by atoms with Gasteiger partial charge in [-0.3, -0.25) is 0 Å². The molecule has 1 heterocycles. The van der Waals surface area contributed by atoms with Crippen LogP contribution in [-0.2, 0) is 16.2 Å². The fraction of sp³-hybridized carbons (Fsp3) is 0.385. The van der Waals surface area contributed by atoms with Gasteiger partial charge in [0.1, 0.15) is 12.4 Å². The Kier molecular flexibility index (Phi) is 7.15. The molecule has 2 aromatic carbocycles. The van der Waals surface area contributed by atoms with Gasteiger partial charge in [-0.1, -0.05) is 68.5 Å². The number of nitrogens with one attached hydrogen (secondary N) is 1. The fourth-order valence-corrected chi connectivity index (χ4v) is 4.44. The highest BCUT2D eigenvalue weighted by atomic mass is 16.7. The molecule has 1 unspecified atom stereocenters. The van der Waals surface area contributed by atoms with E-state index in [4.69, 9.17) is 9.57 Å². The Morgan fingerprint density at radius 3 is 2.58 bits per heavy atom. The predicted molar refractivity (Wildman–Crippen MR) is 122 cm³/mol. The Labute approximate surface area is 183 Å². The summed E-state index contributed by atoms with van der Waals surface area (Å²) in [5.74, 6) is 0.865. The van der Waals surface area contributed by atoms with E-state index >= 15 is 0 Å². The first kappa shape index (κ1) is 21.3. The predicted octanol–water partition coefficient (Wildman–Crippen LogP) is 5.55. The third-order valence-electron chi connectivity index (χ3n) is 6.11. The van der Waals surface area contributed by atoms with Gasteiger partial charge in [0.25, 0.3) is 0 Å². The molecule has 0 saturated heterocycles. The lowest BCUT2D eigenvalue weighted by molar-refractivity contribution is -0.152. The van der Waals surface area contributed by atoms with Gasteiger partial charge in [-0.25, -0.2) is 9.78 Å². The molecule has 0 spiro atoms. The molecular formula is C26H30N2O3. The summed E-state index contributed by atoms with van der Waals surface area (Å²) >= 11 is 0. The first-order valence-corrected chi connectivity index (χ1v) is 11.2. The maximum atomic E-state index is 12.6. The topological polar surface area (TPSA) is 60.5 Å². The van der Waals surface area contributed by atoms with Crippen molar-refractivity contribution in [2.75, 3.05) is 7.05 Å². The second-order valence-corrected chi connectivity index (χ2v) is 8.27. The van der Waals surface area contributed by atoms with E-state index in [1.54, 1.807) is 7.05 Å². The fourth-order valence-electron chi connectivity index (χ4n) is 4.44. The molecule has 0 bridgehead atoms. The Morgan fingerprint density at radius 1 is 1.03 bits per heavy atom. The Morgan fingerprint density at radius 2 is 1.81 bits per heavy atom. The number of hydrogen-bond donors (Lipinski definition) is 1. The average molecular weight is 419 g/mol. The molecule has 3 aromatic rings. The SMILES string of the molecule is CNOC(=O)C(CC1CCCCC1)c1ccc(OCc2ccc3ccccc3n2)cc1. The normalized spacial score (nSPS) is 15.5. The highest BCUT2D eigenvalue weighted by Crippen LogP contribution is 2.34. The number of carbonyl (C=O) groups excluding carboxylic acids is 1. The summed E-state index contributed by atoms with van der Waals surface area (Å²) in [5.41, 5.74) is 5.36. The monoisotopic (exact) mass is 418 g/mol. The summed E-state index contributed by atoms with van der Waals surface area (Å²) in [6, 6.07) is 19.9. The number of hydrogen-bond acceptors (Lipinski definition) is 5.